The van der Waals surface area contributed by atoms with Crippen molar-refractivity contribution in [3.05, 3.63) is 64.7 Å². The lowest BCUT2D eigenvalue weighted by molar-refractivity contribution is -0.117. The van der Waals surface area contributed by atoms with Gasteiger partial charge < -0.3 is 15.5 Å². The molecule has 1 fully saturated rings. The van der Waals surface area contributed by atoms with Crippen LogP contribution in [-0.4, -0.2) is 37.4 Å². The molecule has 2 N–H and O–H groups in total. The predicted octanol–water partition coefficient (Wildman–Crippen LogP) is 3.72. The van der Waals surface area contributed by atoms with Gasteiger partial charge in [0.2, 0.25) is 5.91 Å². The van der Waals surface area contributed by atoms with Gasteiger partial charge in [-0.1, -0.05) is 29.8 Å². The zero-order valence-corrected chi connectivity index (χ0v) is 16.3. The molecule has 2 amide bonds. The Balaban J connectivity index is 1.60. The molecule has 0 saturated heterocycles. The highest BCUT2D eigenvalue weighted by Crippen LogP contribution is 2.30. The lowest BCUT2D eigenvalue weighted by atomic mass is 10.1. The number of nitrogens with one attached hydrogen (secondary N) is 2. The summed E-state index contributed by atoms with van der Waals surface area (Å²) < 4.78 is 0. The highest BCUT2D eigenvalue weighted by Gasteiger charge is 2.29. The van der Waals surface area contributed by atoms with Gasteiger partial charge in [-0.15, -0.1) is 0 Å². The lowest BCUT2D eigenvalue weighted by Gasteiger charge is -2.26. The van der Waals surface area contributed by atoms with E-state index in [2.05, 4.69) is 10.6 Å². The smallest absolute Gasteiger partial charge is 0.251 e. The maximum absolute atomic E-state index is 12.5. The number of nitrogens with zero attached hydrogens (tertiary/aromatic N) is 1. The van der Waals surface area contributed by atoms with Crippen molar-refractivity contribution >= 4 is 29.1 Å². The van der Waals surface area contributed by atoms with Crippen molar-refractivity contribution in [3.63, 3.8) is 0 Å². The Hall–Kier alpha value is -2.37. The molecule has 2 aromatic rings. The number of carbonyl (C=O) groups excluding carboxylic acids is 2. The summed E-state index contributed by atoms with van der Waals surface area (Å²) in [4.78, 5) is 26.3. The predicted molar refractivity (Wildman–Crippen MR) is 108 cm³/mol. The molecule has 1 aliphatic rings. The van der Waals surface area contributed by atoms with Crippen molar-refractivity contribution in [1.82, 2.24) is 10.2 Å². The van der Waals surface area contributed by atoms with E-state index >= 15 is 0 Å². The topological polar surface area (TPSA) is 61.4 Å². The molecular weight excluding hydrogens is 362 g/mol. The third-order valence-electron chi connectivity index (χ3n) is 4.71. The first-order valence-electron chi connectivity index (χ1n) is 9.05. The Labute approximate surface area is 164 Å². The number of rotatable bonds is 7. The van der Waals surface area contributed by atoms with Crippen molar-refractivity contribution in [2.24, 2.45) is 5.92 Å². The van der Waals surface area contributed by atoms with E-state index in [0.717, 1.165) is 18.4 Å². The molecule has 0 heterocycles. The number of hydrogen-bond acceptors (Lipinski definition) is 3. The summed E-state index contributed by atoms with van der Waals surface area (Å²) in [5, 5.41) is 6.52. The van der Waals surface area contributed by atoms with E-state index in [9.17, 15) is 9.59 Å². The molecule has 27 heavy (non-hydrogen) atoms. The molecule has 2 aromatic carbocycles. The van der Waals surface area contributed by atoms with E-state index in [1.165, 1.54) is 0 Å². The van der Waals surface area contributed by atoms with Crippen molar-refractivity contribution < 1.29 is 9.59 Å². The average molecular weight is 386 g/mol. The van der Waals surface area contributed by atoms with Crippen LogP contribution in [0.1, 0.15) is 34.8 Å². The van der Waals surface area contributed by atoms with Gasteiger partial charge in [0.15, 0.2) is 0 Å². The highest BCUT2D eigenvalue weighted by atomic mass is 35.5. The molecule has 0 radical (unpaired) electrons. The molecule has 0 spiro atoms. The Morgan fingerprint density at radius 1 is 1.11 bits per heavy atom. The summed E-state index contributed by atoms with van der Waals surface area (Å²) in [6, 6.07) is 14.6. The van der Waals surface area contributed by atoms with Crippen LogP contribution in [0.5, 0.6) is 0 Å². The fourth-order valence-electron chi connectivity index (χ4n) is 2.90. The molecular formula is C21H24ClN3O2. The van der Waals surface area contributed by atoms with Gasteiger partial charge in [-0.05, 0) is 62.8 Å². The number of likely N-dealkylation sites (N-methyl/N-ethyl adjacent to an activating group) is 1. The van der Waals surface area contributed by atoms with Gasteiger partial charge in [0, 0.05) is 28.7 Å². The standard InChI is InChI=1S/C21H24ClN3O2/c1-25(2)19(17-5-3-4-6-18(17)22)13-23-20(26)14-9-11-16(12-10-14)24-21(27)15-7-8-15/h3-6,9-12,15,19H,7-8,13H2,1-2H3,(H,23,26)(H,24,27). The minimum atomic E-state index is -0.158. The van der Waals surface area contributed by atoms with Crippen molar-refractivity contribution in [2.75, 3.05) is 26.0 Å². The van der Waals surface area contributed by atoms with E-state index < -0.39 is 0 Å². The van der Waals surface area contributed by atoms with Gasteiger partial charge in [-0.2, -0.15) is 0 Å². The van der Waals surface area contributed by atoms with Crippen LogP contribution in [0.25, 0.3) is 0 Å². The molecule has 1 saturated carbocycles. The molecule has 0 aromatic heterocycles. The minimum Gasteiger partial charge on any atom is -0.350 e. The average Bonchev–Trinajstić information content (AvgIpc) is 3.49. The number of anilines is 1. The molecule has 1 aliphatic carbocycles. The Kier molecular flexibility index (Phi) is 6.14. The molecule has 142 valence electrons. The van der Waals surface area contributed by atoms with Crippen molar-refractivity contribution in [1.29, 1.82) is 0 Å². The molecule has 5 nitrogen and oxygen atoms in total. The summed E-state index contributed by atoms with van der Waals surface area (Å²) >= 11 is 6.31. The summed E-state index contributed by atoms with van der Waals surface area (Å²) in [7, 11) is 3.91. The number of benzene rings is 2. The fourth-order valence-corrected chi connectivity index (χ4v) is 3.16. The van der Waals surface area contributed by atoms with E-state index in [4.69, 9.17) is 11.6 Å². The summed E-state index contributed by atoms with van der Waals surface area (Å²) in [5.74, 6) is 0.0514. The second kappa shape index (κ2) is 8.55. The number of hydrogen-bond donors (Lipinski definition) is 2. The fraction of sp³-hybridized carbons (Fsp3) is 0.333. The summed E-state index contributed by atoms with van der Waals surface area (Å²) in [5.41, 5.74) is 2.24. The van der Waals surface area contributed by atoms with Gasteiger partial charge in [0.1, 0.15) is 0 Å². The third kappa shape index (κ3) is 5.08. The minimum absolute atomic E-state index is 0.0280. The van der Waals surface area contributed by atoms with Crippen LogP contribution in [-0.2, 0) is 4.79 Å². The second-order valence-electron chi connectivity index (χ2n) is 7.05. The molecule has 6 heteroatoms. The second-order valence-corrected chi connectivity index (χ2v) is 7.46. The molecule has 0 bridgehead atoms. The Bertz CT molecular complexity index is 816. The van der Waals surface area contributed by atoms with E-state index in [0.29, 0.717) is 22.8 Å². The van der Waals surface area contributed by atoms with E-state index in [-0.39, 0.29) is 23.8 Å². The van der Waals surface area contributed by atoms with Gasteiger partial charge in [-0.3, -0.25) is 9.59 Å². The lowest BCUT2D eigenvalue weighted by Crippen LogP contribution is -2.34. The van der Waals surface area contributed by atoms with Gasteiger partial charge >= 0.3 is 0 Å². The van der Waals surface area contributed by atoms with Crippen LogP contribution in [0, 0.1) is 5.92 Å². The monoisotopic (exact) mass is 385 g/mol. The first-order chi connectivity index (χ1) is 13.0. The van der Waals surface area contributed by atoms with Crippen molar-refractivity contribution in [3.8, 4) is 0 Å². The SMILES string of the molecule is CN(C)C(CNC(=O)c1ccc(NC(=O)C2CC2)cc1)c1ccccc1Cl. The van der Waals surface area contributed by atoms with Crippen LogP contribution in [0.3, 0.4) is 0 Å². The number of amides is 2. The van der Waals surface area contributed by atoms with Gasteiger partial charge in [0.05, 0.1) is 6.04 Å². The first kappa shape index (κ1) is 19.4. The zero-order chi connectivity index (χ0) is 19.4. The maximum atomic E-state index is 12.5. The quantitative estimate of drug-likeness (QED) is 0.763. The molecule has 0 aliphatic heterocycles. The normalized spacial score (nSPS) is 14.7. The summed E-state index contributed by atoms with van der Waals surface area (Å²) in [6.07, 6.45) is 1.93. The molecule has 1 unspecified atom stereocenters. The van der Waals surface area contributed by atoms with Crippen LogP contribution in [0.2, 0.25) is 5.02 Å². The Morgan fingerprint density at radius 2 is 1.78 bits per heavy atom. The number of halogens is 1. The zero-order valence-electron chi connectivity index (χ0n) is 15.5. The molecule has 3 rings (SSSR count). The Morgan fingerprint density at radius 3 is 2.37 bits per heavy atom. The first-order valence-corrected chi connectivity index (χ1v) is 9.43. The van der Waals surface area contributed by atoms with Gasteiger partial charge in [-0.25, -0.2) is 0 Å². The number of carbonyl (C=O) groups is 2. The van der Waals surface area contributed by atoms with E-state index in [1.807, 2.05) is 43.3 Å². The van der Waals surface area contributed by atoms with Crippen molar-refractivity contribution in [2.45, 2.75) is 18.9 Å². The van der Waals surface area contributed by atoms with Crippen LogP contribution in [0.4, 0.5) is 5.69 Å². The third-order valence-corrected chi connectivity index (χ3v) is 5.05. The van der Waals surface area contributed by atoms with E-state index in [1.54, 1.807) is 24.3 Å². The molecule has 1 atom stereocenters. The maximum Gasteiger partial charge on any atom is 0.251 e. The van der Waals surface area contributed by atoms with Gasteiger partial charge in [0.25, 0.3) is 5.91 Å². The van der Waals surface area contributed by atoms with Crippen LogP contribution in [0.15, 0.2) is 48.5 Å². The highest BCUT2D eigenvalue weighted by molar-refractivity contribution is 6.31. The summed E-state index contributed by atoms with van der Waals surface area (Å²) in [6.45, 7) is 0.440. The van der Waals surface area contributed by atoms with Crippen LogP contribution >= 0.6 is 11.6 Å². The van der Waals surface area contributed by atoms with Crippen LogP contribution < -0.4 is 10.6 Å². The largest absolute Gasteiger partial charge is 0.350 e.